The van der Waals surface area contributed by atoms with Crippen LogP contribution in [-0.2, 0) is 0 Å². The number of alkyl halides is 1. The third-order valence-corrected chi connectivity index (χ3v) is 4.37. The van der Waals surface area contributed by atoms with Crippen LogP contribution >= 0.6 is 11.6 Å². The molecule has 1 fully saturated rings. The van der Waals surface area contributed by atoms with Crippen molar-refractivity contribution in [1.29, 1.82) is 0 Å². The standard InChI is InChI=1S/C13H18ClN/c1-9(10-4-6-15-7-5-10)12(14)11-8-13(11,2)3/h4-7,9,11-12H,8H2,1-3H3. The molecule has 0 bridgehead atoms. The molecule has 1 aromatic rings. The van der Waals surface area contributed by atoms with E-state index in [2.05, 4.69) is 37.9 Å². The molecule has 1 aliphatic rings. The molecule has 2 rings (SSSR count). The van der Waals surface area contributed by atoms with Crippen molar-refractivity contribution in [3.8, 4) is 0 Å². The molecule has 1 aliphatic carbocycles. The van der Waals surface area contributed by atoms with Gasteiger partial charge in [0.1, 0.15) is 0 Å². The fourth-order valence-corrected chi connectivity index (χ4v) is 2.83. The van der Waals surface area contributed by atoms with E-state index in [-0.39, 0.29) is 5.38 Å². The zero-order chi connectivity index (χ0) is 11.1. The molecule has 0 N–H and O–H groups in total. The summed E-state index contributed by atoms with van der Waals surface area (Å²) in [4.78, 5) is 4.03. The van der Waals surface area contributed by atoms with Crippen molar-refractivity contribution in [2.75, 3.05) is 0 Å². The van der Waals surface area contributed by atoms with Crippen LogP contribution < -0.4 is 0 Å². The van der Waals surface area contributed by atoms with Crippen molar-refractivity contribution in [3.05, 3.63) is 30.1 Å². The van der Waals surface area contributed by atoms with Crippen molar-refractivity contribution in [2.24, 2.45) is 11.3 Å². The molecule has 3 unspecified atom stereocenters. The minimum atomic E-state index is 0.252. The number of hydrogen-bond donors (Lipinski definition) is 0. The molecule has 3 atom stereocenters. The Morgan fingerprint density at radius 1 is 1.40 bits per heavy atom. The number of pyridine rings is 1. The molecule has 1 aromatic heterocycles. The molecule has 1 nitrogen and oxygen atoms in total. The first-order chi connectivity index (χ1) is 7.02. The van der Waals surface area contributed by atoms with E-state index in [1.165, 1.54) is 12.0 Å². The zero-order valence-corrected chi connectivity index (χ0v) is 10.3. The summed E-state index contributed by atoms with van der Waals surface area (Å²) >= 11 is 6.53. The summed E-state index contributed by atoms with van der Waals surface area (Å²) in [7, 11) is 0. The molecular formula is C13H18ClN. The molecule has 82 valence electrons. The Labute approximate surface area is 96.9 Å². The molecular weight excluding hydrogens is 206 g/mol. The van der Waals surface area contributed by atoms with Gasteiger partial charge < -0.3 is 0 Å². The van der Waals surface area contributed by atoms with Crippen molar-refractivity contribution in [1.82, 2.24) is 4.98 Å². The summed E-state index contributed by atoms with van der Waals surface area (Å²) in [5.74, 6) is 1.09. The third-order valence-electron chi connectivity index (χ3n) is 3.68. The van der Waals surface area contributed by atoms with Crippen LogP contribution in [0.25, 0.3) is 0 Å². The van der Waals surface area contributed by atoms with E-state index in [0.29, 0.717) is 17.3 Å². The quantitative estimate of drug-likeness (QED) is 0.710. The highest BCUT2D eigenvalue weighted by atomic mass is 35.5. The van der Waals surface area contributed by atoms with E-state index in [1.807, 2.05) is 12.4 Å². The fourth-order valence-electron chi connectivity index (χ4n) is 2.25. The lowest BCUT2D eigenvalue weighted by Crippen LogP contribution is -2.15. The molecule has 15 heavy (non-hydrogen) atoms. The van der Waals surface area contributed by atoms with Crippen molar-refractivity contribution < 1.29 is 0 Å². The SMILES string of the molecule is CC(c1ccncc1)C(Cl)C1CC1(C)C. The summed E-state index contributed by atoms with van der Waals surface area (Å²) < 4.78 is 0. The number of aromatic nitrogens is 1. The Morgan fingerprint density at radius 2 is 1.93 bits per heavy atom. The normalized spacial score (nSPS) is 27.1. The molecule has 0 amide bonds. The summed E-state index contributed by atoms with van der Waals surface area (Å²) in [5.41, 5.74) is 1.75. The molecule has 0 aromatic carbocycles. The first-order valence-corrected chi connectivity index (χ1v) is 6.00. The molecule has 0 saturated heterocycles. The van der Waals surface area contributed by atoms with Crippen LogP contribution in [0.15, 0.2) is 24.5 Å². The van der Waals surface area contributed by atoms with E-state index in [9.17, 15) is 0 Å². The van der Waals surface area contributed by atoms with Gasteiger partial charge in [0.25, 0.3) is 0 Å². The Balaban J connectivity index is 2.06. The van der Waals surface area contributed by atoms with Gasteiger partial charge in [-0.3, -0.25) is 4.98 Å². The maximum Gasteiger partial charge on any atom is 0.0435 e. The van der Waals surface area contributed by atoms with Crippen LogP contribution in [0.5, 0.6) is 0 Å². The number of nitrogens with zero attached hydrogens (tertiary/aromatic N) is 1. The van der Waals surface area contributed by atoms with E-state index in [1.54, 1.807) is 0 Å². The Hall–Kier alpha value is -0.560. The van der Waals surface area contributed by atoms with Gasteiger partial charge >= 0.3 is 0 Å². The van der Waals surface area contributed by atoms with Crippen LogP contribution in [0, 0.1) is 11.3 Å². The second-order valence-corrected chi connectivity index (χ2v) is 5.82. The van der Waals surface area contributed by atoms with Crippen molar-refractivity contribution >= 4 is 11.6 Å². The second kappa shape index (κ2) is 3.79. The second-order valence-electron chi connectivity index (χ2n) is 5.31. The van der Waals surface area contributed by atoms with Gasteiger partial charge in [-0.15, -0.1) is 11.6 Å². The highest BCUT2D eigenvalue weighted by molar-refractivity contribution is 6.21. The van der Waals surface area contributed by atoms with Gasteiger partial charge in [0.05, 0.1) is 0 Å². The average molecular weight is 224 g/mol. The Kier molecular flexibility index (Phi) is 2.76. The van der Waals surface area contributed by atoms with Gasteiger partial charge in [-0.25, -0.2) is 0 Å². The topological polar surface area (TPSA) is 12.9 Å². The highest BCUT2D eigenvalue weighted by Crippen LogP contribution is 2.57. The summed E-state index contributed by atoms with van der Waals surface area (Å²) in [6.07, 6.45) is 4.94. The minimum Gasteiger partial charge on any atom is -0.265 e. The molecule has 0 spiro atoms. The van der Waals surface area contributed by atoms with Crippen LogP contribution in [-0.4, -0.2) is 10.4 Å². The van der Waals surface area contributed by atoms with E-state index in [4.69, 9.17) is 11.6 Å². The lowest BCUT2D eigenvalue weighted by molar-refractivity contribution is 0.506. The smallest absolute Gasteiger partial charge is 0.0435 e. The van der Waals surface area contributed by atoms with Gasteiger partial charge in [-0.1, -0.05) is 20.8 Å². The summed E-state index contributed by atoms with van der Waals surface area (Å²) in [6.45, 7) is 6.81. The van der Waals surface area contributed by atoms with Crippen LogP contribution in [0.3, 0.4) is 0 Å². The van der Waals surface area contributed by atoms with E-state index >= 15 is 0 Å². The molecule has 2 heteroatoms. The molecule has 0 radical (unpaired) electrons. The molecule has 1 heterocycles. The molecule has 0 aliphatic heterocycles. The maximum absolute atomic E-state index is 6.53. The lowest BCUT2D eigenvalue weighted by atomic mass is 9.93. The van der Waals surface area contributed by atoms with Crippen molar-refractivity contribution in [2.45, 2.75) is 38.5 Å². The molecule has 1 saturated carbocycles. The third kappa shape index (κ3) is 2.17. The summed E-state index contributed by atoms with van der Waals surface area (Å²) in [5, 5.41) is 0.252. The van der Waals surface area contributed by atoms with E-state index < -0.39 is 0 Å². The first kappa shape index (κ1) is 10.9. The lowest BCUT2D eigenvalue weighted by Gasteiger charge is -2.19. The van der Waals surface area contributed by atoms with Gasteiger partial charge in [0, 0.05) is 17.8 Å². The predicted molar refractivity (Wildman–Crippen MR) is 64.2 cm³/mol. The van der Waals surface area contributed by atoms with Crippen molar-refractivity contribution in [3.63, 3.8) is 0 Å². The largest absolute Gasteiger partial charge is 0.265 e. The fraction of sp³-hybridized carbons (Fsp3) is 0.615. The number of halogens is 1. The minimum absolute atomic E-state index is 0.252. The first-order valence-electron chi connectivity index (χ1n) is 5.56. The van der Waals surface area contributed by atoms with Crippen LogP contribution in [0.1, 0.15) is 38.7 Å². The Morgan fingerprint density at radius 3 is 2.40 bits per heavy atom. The maximum atomic E-state index is 6.53. The van der Waals surface area contributed by atoms with E-state index in [0.717, 1.165) is 0 Å². The van der Waals surface area contributed by atoms with Crippen LogP contribution in [0.2, 0.25) is 0 Å². The van der Waals surface area contributed by atoms with Gasteiger partial charge in [0.2, 0.25) is 0 Å². The monoisotopic (exact) mass is 223 g/mol. The Bertz CT molecular complexity index is 334. The highest BCUT2D eigenvalue weighted by Gasteiger charge is 2.50. The number of rotatable bonds is 3. The average Bonchev–Trinajstić information content (AvgIpc) is 2.87. The predicted octanol–water partition coefficient (Wildman–Crippen LogP) is 3.84. The zero-order valence-electron chi connectivity index (χ0n) is 9.57. The van der Waals surface area contributed by atoms with Gasteiger partial charge in [0.15, 0.2) is 0 Å². The number of hydrogen-bond acceptors (Lipinski definition) is 1. The summed E-state index contributed by atoms with van der Waals surface area (Å²) in [6, 6.07) is 4.13. The van der Waals surface area contributed by atoms with Gasteiger partial charge in [-0.2, -0.15) is 0 Å². The van der Waals surface area contributed by atoms with Gasteiger partial charge in [-0.05, 0) is 41.4 Å². The van der Waals surface area contributed by atoms with Crippen LogP contribution in [0.4, 0.5) is 0 Å².